The molecule has 3 rings (SSSR count). The first kappa shape index (κ1) is 16.3. The standard InChI is InChI=1S/C18H21N3O3/c1-12-6-7-13(17(22)20-11-14-4-2-8-19-14)10-15(12)21-18(23)16-5-3-9-24-16/h3,5-7,9-10,14,19H,2,4,8,11H2,1H3,(H,20,22)(H,21,23). The lowest BCUT2D eigenvalue weighted by molar-refractivity contribution is 0.0948. The van der Waals surface area contributed by atoms with E-state index in [4.69, 9.17) is 4.42 Å². The molecule has 1 unspecified atom stereocenters. The lowest BCUT2D eigenvalue weighted by atomic mass is 10.1. The normalized spacial score (nSPS) is 16.8. The van der Waals surface area contributed by atoms with Gasteiger partial charge in [-0.25, -0.2) is 0 Å². The Balaban J connectivity index is 1.66. The number of hydrogen-bond acceptors (Lipinski definition) is 4. The number of benzene rings is 1. The summed E-state index contributed by atoms with van der Waals surface area (Å²) < 4.78 is 5.08. The highest BCUT2D eigenvalue weighted by Crippen LogP contribution is 2.18. The molecule has 6 nitrogen and oxygen atoms in total. The summed E-state index contributed by atoms with van der Waals surface area (Å²) in [6, 6.07) is 8.86. The Morgan fingerprint density at radius 1 is 1.29 bits per heavy atom. The lowest BCUT2D eigenvalue weighted by Gasteiger charge is -2.13. The van der Waals surface area contributed by atoms with Crippen LogP contribution in [0.3, 0.4) is 0 Å². The first-order chi connectivity index (χ1) is 11.6. The van der Waals surface area contributed by atoms with Gasteiger partial charge < -0.3 is 20.4 Å². The predicted octanol–water partition coefficient (Wildman–Crippen LogP) is 2.32. The van der Waals surface area contributed by atoms with E-state index in [1.54, 1.807) is 24.3 Å². The monoisotopic (exact) mass is 327 g/mol. The number of amides is 2. The molecule has 2 heterocycles. The van der Waals surface area contributed by atoms with E-state index in [0.717, 1.165) is 24.9 Å². The van der Waals surface area contributed by atoms with Crippen LogP contribution in [0.2, 0.25) is 0 Å². The maximum atomic E-state index is 12.3. The molecule has 6 heteroatoms. The Hall–Kier alpha value is -2.60. The highest BCUT2D eigenvalue weighted by molar-refractivity contribution is 6.03. The molecule has 1 aliphatic rings. The molecule has 2 amide bonds. The number of hydrogen-bond donors (Lipinski definition) is 3. The van der Waals surface area contributed by atoms with E-state index in [2.05, 4.69) is 16.0 Å². The van der Waals surface area contributed by atoms with Crippen molar-refractivity contribution in [2.24, 2.45) is 0 Å². The van der Waals surface area contributed by atoms with Crippen LogP contribution in [-0.4, -0.2) is 30.9 Å². The van der Waals surface area contributed by atoms with E-state index in [0.29, 0.717) is 23.8 Å². The molecule has 1 aromatic carbocycles. The van der Waals surface area contributed by atoms with Crippen molar-refractivity contribution in [3.63, 3.8) is 0 Å². The van der Waals surface area contributed by atoms with Gasteiger partial charge in [-0.1, -0.05) is 6.07 Å². The van der Waals surface area contributed by atoms with Crippen molar-refractivity contribution < 1.29 is 14.0 Å². The Labute approximate surface area is 140 Å². The number of carbonyl (C=O) groups excluding carboxylic acids is 2. The van der Waals surface area contributed by atoms with Crippen LogP contribution in [-0.2, 0) is 0 Å². The highest BCUT2D eigenvalue weighted by atomic mass is 16.3. The van der Waals surface area contributed by atoms with Crippen molar-refractivity contribution in [1.82, 2.24) is 10.6 Å². The predicted molar refractivity (Wildman–Crippen MR) is 91.2 cm³/mol. The van der Waals surface area contributed by atoms with E-state index in [1.807, 2.05) is 13.0 Å². The van der Waals surface area contributed by atoms with Gasteiger partial charge in [-0.05, 0) is 56.1 Å². The maximum absolute atomic E-state index is 12.3. The highest BCUT2D eigenvalue weighted by Gasteiger charge is 2.16. The van der Waals surface area contributed by atoms with Crippen LogP contribution in [0, 0.1) is 6.92 Å². The fraction of sp³-hybridized carbons (Fsp3) is 0.333. The van der Waals surface area contributed by atoms with E-state index in [-0.39, 0.29) is 17.6 Å². The van der Waals surface area contributed by atoms with Crippen molar-refractivity contribution in [2.45, 2.75) is 25.8 Å². The van der Waals surface area contributed by atoms with Crippen molar-refractivity contribution in [3.8, 4) is 0 Å². The van der Waals surface area contributed by atoms with Crippen molar-refractivity contribution in [3.05, 3.63) is 53.5 Å². The van der Waals surface area contributed by atoms with Crippen LogP contribution in [0.5, 0.6) is 0 Å². The summed E-state index contributed by atoms with van der Waals surface area (Å²) in [5, 5.41) is 9.06. The summed E-state index contributed by atoms with van der Waals surface area (Å²) in [4.78, 5) is 24.4. The molecule has 1 aliphatic heterocycles. The molecule has 0 bridgehead atoms. The van der Waals surface area contributed by atoms with Gasteiger partial charge in [0.2, 0.25) is 0 Å². The minimum atomic E-state index is -0.337. The number of aryl methyl sites for hydroxylation is 1. The second-order valence-corrected chi connectivity index (χ2v) is 5.96. The molecule has 3 N–H and O–H groups in total. The van der Waals surface area contributed by atoms with Crippen LogP contribution >= 0.6 is 0 Å². The summed E-state index contributed by atoms with van der Waals surface area (Å²) in [6.45, 7) is 3.50. The third kappa shape index (κ3) is 3.83. The minimum absolute atomic E-state index is 0.141. The molecule has 0 radical (unpaired) electrons. The molecule has 1 saturated heterocycles. The maximum Gasteiger partial charge on any atom is 0.291 e. The summed E-state index contributed by atoms with van der Waals surface area (Å²) in [7, 11) is 0. The summed E-state index contributed by atoms with van der Waals surface area (Å²) in [5.74, 6) is -0.246. The molecule has 1 fully saturated rings. The van der Waals surface area contributed by atoms with Crippen LogP contribution in [0.4, 0.5) is 5.69 Å². The molecule has 0 saturated carbocycles. The summed E-state index contributed by atoms with van der Waals surface area (Å²) in [5.41, 5.74) is 2.00. The van der Waals surface area contributed by atoms with Crippen LogP contribution in [0.25, 0.3) is 0 Å². The molecule has 0 spiro atoms. The number of rotatable bonds is 5. The zero-order valence-electron chi connectivity index (χ0n) is 13.6. The largest absolute Gasteiger partial charge is 0.459 e. The quantitative estimate of drug-likeness (QED) is 0.787. The third-order valence-corrected chi connectivity index (χ3v) is 4.16. The van der Waals surface area contributed by atoms with Gasteiger partial charge in [0.15, 0.2) is 5.76 Å². The van der Waals surface area contributed by atoms with Crippen LogP contribution in [0.15, 0.2) is 41.0 Å². The second-order valence-electron chi connectivity index (χ2n) is 5.96. The molecule has 24 heavy (non-hydrogen) atoms. The molecular formula is C18H21N3O3. The zero-order valence-corrected chi connectivity index (χ0v) is 13.6. The van der Waals surface area contributed by atoms with E-state index in [1.165, 1.54) is 6.26 Å². The van der Waals surface area contributed by atoms with Gasteiger partial charge in [-0.3, -0.25) is 9.59 Å². The van der Waals surface area contributed by atoms with Gasteiger partial charge in [0.25, 0.3) is 11.8 Å². The van der Waals surface area contributed by atoms with E-state index in [9.17, 15) is 9.59 Å². The van der Waals surface area contributed by atoms with E-state index >= 15 is 0 Å². The van der Waals surface area contributed by atoms with Crippen LogP contribution < -0.4 is 16.0 Å². The van der Waals surface area contributed by atoms with Crippen molar-refractivity contribution >= 4 is 17.5 Å². The topological polar surface area (TPSA) is 83.4 Å². The summed E-state index contributed by atoms with van der Waals surface area (Å²) >= 11 is 0. The van der Waals surface area contributed by atoms with Gasteiger partial charge >= 0.3 is 0 Å². The Kier molecular flexibility index (Phi) is 4.96. The molecule has 1 aromatic heterocycles. The Bertz CT molecular complexity index is 719. The smallest absolute Gasteiger partial charge is 0.291 e. The van der Waals surface area contributed by atoms with Gasteiger partial charge in [0.1, 0.15) is 0 Å². The lowest BCUT2D eigenvalue weighted by Crippen LogP contribution is -2.37. The third-order valence-electron chi connectivity index (χ3n) is 4.16. The average Bonchev–Trinajstić information content (AvgIpc) is 3.28. The minimum Gasteiger partial charge on any atom is -0.459 e. The first-order valence-corrected chi connectivity index (χ1v) is 8.10. The van der Waals surface area contributed by atoms with E-state index < -0.39 is 0 Å². The molecular weight excluding hydrogens is 306 g/mol. The fourth-order valence-corrected chi connectivity index (χ4v) is 2.74. The van der Waals surface area contributed by atoms with Crippen molar-refractivity contribution in [1.29, 1.82) is 0 Å². The molecule has 2 aromatic rings. The number of carbonyl (C=O) groups is 2. The first-order valence-electron chi connectivity index (χ1n) is 8.10. The Morgan fingerprint density at radius 2 is 2.17 bits per heavy atom. The van der Waals surface area contributed by atoms with Crippen LogP contribution in [0.1, 0.15) is 39.3 Å². The number of furan rings is 1. The average molecular weight is 327 g/mol. The van der Waals surface area contributed by atoms with Gasteiger partial charge in [-0.15, -0.1) is 0 Å². The molecule has 1 atom stereocenters. The number of nitrogens with one attached hydrogen (secondary N) is 3. The second kappa shape index (κ2) is 7.31. The van der Waals surface area contributed by atoms with Crippen molar-refractivity contribution in [2.75, 3.05) is 18.4 Å². The van der Waals surface area contributed by atoms with Gasteiger partial charge in [-0.2, -0.15) is 0 Å². The summed E-state index contributed by atoms with van der Waals surface area (Å²) in [6.07, 6.45) is 3.68. The molecule has 126 valence electrons. The van der Waals surface area contributed by atoms with Gasteiger partial charge in [0.05, 0.1) is 6.26 Å². The van der Waals surface area contributed by atoms with Gasteiger partial charge in [0, 0.05) is 23.8 Å². The zero-order chi connectivity index (χ0) is 16.9. The SMILES string of the molecule is Cc1ccc(C(=O)NCC2CCCN2)cc1NC(=O)c1ccco1. The Morgan fingerprint density at radius 3 is 2.88 bits per heavy atom. The fourth-order valence-electron chi connectivity index (χ4n) is 2.74. The molecule has 0 aliphatic carbocycles. The number of anilines is 1.